The topological polar surface area (TPSA) is 46.2 Å². The molecule has 4 atom stereocenters. The van der Waals surface area contributed by atoms with Gasteiger partial charge >= 0.3 is 0 Å². The van der Waals surface area contributed by atoms with E-state index in [0.29, 0.717) is 5.41 Å². The molecule has 3 saturated carbocycles. The summed E-state index contributed by atoms with van der Waals surface area (Å²) in [5.41, 5.74) is 6.23. The van der Waals surface area contributed by atoms with E-state index in [-0.39, 0.29) is 12.1 Å². The van der Waals surface area contributed by atoms with Gasteiger partial charge in [0.2, 0.25) is 0 Å². The van der Waals surface area contributed by atoms with Gasteiger partial charge in [-0.25, -0.2) is 0 Å². The van der Waals surface area contributed by atoms with Crippen molar-refractivity contribution in [2.75, 3.05) is 6.61 Å². The average Bonchev–Trinajstić information content (AvgIpc) is 2.17. The van der Waals surface area contributed by atoms with Gasteiger partial charge in [0, 0.05) is 5.54 Å². The molecule has 3 aliphatic rings. The number of fused-ring (bicyclic) bond motifs is 2. The summed E-state index contributed by atoms with van der Waals surface area (Å²) in [4.78, 5) is 0. The van der Waals surface area contributed by atoms with E-state index in [1.54, 1.807) is 0 Å². The second-order valence-electron chi connectivity index (χ2n) is 6.71. The predicted octanol–water partition coefficient (Wildman–Crippen LogP) is 2.16. The highest BCUT2D eigenvalue weighted by Crippen LogP contribution is 2.62. The maximum Gasteiger partial charge on any atom is 0.0608 e. The third-order valence-corrected chi connectivity index (χ3v) is 5.09. The number of aliphatic hydroxyl groups excluding tert-OH is 1. The highest BCUT2D eigenvalue weighted by Gasteiger charge is 2.54. The number of aliphatic hydroxyl groups is 1. The molecule has 3 rings (SSSR count). The van der Waals surface area contributed by atoms with Gasteiger partial charge < -0.3 is 10.8 Å². The summed E-state index contributed by atoms with van der Waals surface area (Å²) in [6, 6.07) is 0. The van der Waals surface area contributed by atoms with Crippen LogP contribution in [0.5, 0.6) is 0 Å². The third-order valence-electron chi connectivity index (χ3n) is 5.09. The molecule has 0 saturated heterocycles. The van der Waals surface area contributed by atoms with Gasteiger partial charge in [-0.1, -0.05) is 13.8 Å². The van der Waals surface area contributed by atoms with Crippen LogP contribution < -0.4 is 5.73 Å². The van der Waals surface area contributed by atoms with Crippen LogP contribution in [-0.2, 0) is 0 Å². The summed E-state index contributed by atoms with van der Waals surface area (Å²) >= 11 is 0. The van der Waals surface area contributed by atoms with Crippen LogP contribution in [0.4, 0.5) is 0 Å². The van der Waals surface area contributed by atoms with E-state index >= 15 is 0 Å². The van der Waals surface area contributed by atoms with Crippen molar-refractivity contribution < 1.29 is 5.11 Å². The first kappa shape index (κ1) is 11.4. The number of hydrogen-bond acceptors (Lipinski definition) is 2. The quantitative estimate of drug-likeness (QED) is 0.751. The van der Waals surface area contributed by atoms with E-state index in [4.69, 9.17) is 5.73 Å². The van der Waals surface area contributed by atoms with Crippen LogP contribution >= 0.6 is 0 Å². The summed E-state index contributed by atoms with van der Waals surface area (Å²) in [7, 11) is 0. The number of nitrogens with two attached hydrogens (primary N) is 1. The Labute approximate surface area is 93.2 Å². The SMILES string of the molecule is CC(N)(CO)CC1CCC2CC1C2(C)C. The highest BCUT2D eigenvalue weighted by molar-refractivity contribution is 5.04. The molecule has 4 unspecified atom stereocenters. The lowest BCUT2D eigenvalue weighted by Gasteiger charge is -2.61. The molecule has 0 aromatic rings. The maximum absolute atomic E-state index is 9.23. The summed E-state index contributed by atoms with van der Waals surface area (Å²) in [6.07, 6.45) is 5.09. The fraction of sp³-hybridized carbons (Fsp3) is 1.00. The third kappa shape index (κ3) is 1.83. The fourth-order valence-corrected chi connectivity index (χ4v) is 3.87. The molecule has 3 aliphatic carbocycles. The van der Waals surface area contributed by atoms with Gasteiger partial charge in [0.05, 0.1) is 6.61 Å². The van der Waals surface area contributed by atoms with Crippen LogP contribution in [0.1, 0.15) is 46.5 Å². The average molecular weight is 211 g/mol. The Hall–Kier alpha value is -0.0800. The molecule has 0 aromatic heterocycles. The van der Waals surface area contributed by atoms with E-state index in [0.717, 1.165) is 24.2 Å². The predicted molar refractivity (Wildman–Crippen MR) is 62.4 cm³/mol. The monoisotopic (exact) mass is 211 g/mol. The van der Waals surface area contributed by atoms with Gasteiger partial charge in [-0.3, -0.25) is 0 Å². The Kier molecular flexibility index (Phi) is 2.63. The number of hydrogen-bond donors (Lipinski definition) is 2. The molecule has 3 N–H and O–H groups in total. The van der Waals surface area contributed by atoms with Crippen molar-refractivity contribution in [3.05, 3.63) is 0 Å². The van der Waals surface area contributed by atoms with Crippen molar-refractivity contribution in [1.29, 1.82) is 0 Å². The fourth-order valence-electron chi connectivity index (χ4n) is 3.87. The minimum absolute atomic E-state index is 0.111. The van der Waals surface area contributed by atoms with Gasteiger partial charge in [-0.15, -0.1) is 0 Å². The molecule has 0 heterocycles. The standard InChI is InChI=1S/C13H25NO/c1-12(2)10-5-4-9(11(12)6-10)7-13(3,14)8-15/h9-11,15H,4-8,14H2,1-3H3. The zero-order valence-corrected chi connectivity index (χ0v) is 10.3. The number of rotatable bonds is 3. The van der Waals surface area contributed by atoms with E-state index in [9.17, 15) is 5.11 Å². The normalized spacial score (nSPS) is 41.8. The van der Waals surface area contributed by atoms with Gasteiger partial charge in [0.1, 0.15) is 0 Å². The lowest BCUT2D eigenvalue weighted by molar-refractivity contribution is -0.112. The smallest absolute Gasteiger partial charge is 0.0608 e. The summed E-state index contributed by atoms with van der Waals surface area (Å²) in [5, 5.41) is 9.23. The summed E-state index contributed by atoms with van der Waals surface area (Å²) in [6.45, 7) is 6.90. The van der Waals surface area contributed by atoms with Crippen LogP contribution in [0.3, 0.4) is 0 Å². The first-order chi connectivity index (χ1) is 6.87. The Morgan fingerprint density at radius 2 is 2.07 bits per heavy atom. The van der Waals surface area contributed by atoms with Crippen molar-refractivity contribution >= 4 is 0 Å². The molecule has 0 spiro atoms. The van der Waals surface area contributed by atoms with Crippen LogP contribution in [0.2, 0.25) is 0 Å². The molecule has 0 aromatic carbocycles. The van der Waals surface area contributed by atoms with Gasteiger partial charge in [0.15, 0.2) is 0 Å². The van der Waals surface area contributed by atoms with Gasteiger partial charge in [-0.2, -0.15) is 0 Å². The second kappa shape index (κ2) is 3.46. The van der Waals surface area contributed by atoms with Crippen LogP contribution in [-0.4, -0.2) is 17.3 Å². The Bertz CT molecular complexity index is 245. The molecule has 2 nitrogen and oxygen atoms in total. The molecule has 88 valence electrons. The lowest BCUT2D eigenvalue weighted by Crippen LogP contribution is -2.55. The molecule has 2 heteroatoms. The minimum atomic E-state index is -0.372. The molecule has 0 radical (unpaired) electrons. The lowest BCUT2D eigenvalue weighted by atomic mass is 9.45. The van der Waals surface area contributed by atoms with Crippen molar-refractivity contribution in [2.45, 2.75) is 52.0 Å². The van der Waals surface area contributed by atoms with E-state index in [2.05, 4.69) is 13.8 Å². The van der Waals surface area contributed by atoms with E-state index < -0.39 is 0 Å². The first-order valence-corrected chi connectivity index (χ1v) is 6.26. The zero-order chi connectivity index (χ0) is 11.3. The highest BCUT2D eigenvalue weighted by atomic mass is 16.3. The van der Waals surface area contributed by atoms with Crippen molar-refractivity contribution in [1.82, 2.24) is 0 Å². The molecule has 2 bridgehead atoms. The minimum Gasteiger partial charge on any atom is -0.394 e. The van der Waals surface area contributed by atoms with Gasteiger partial charge in [0.25, 0.3) is 0 Å². The van der Waals surface area contributed by atoms with Crippen molar-refractivity contribution in [2.24, 2.45) is 28.9 Å². The Morgan fingerprint density at radius 1 is 1.40 bits per heavy atom. The summed E-state index contributed by atoms with van der Waals surface area (Å²) in [5.74, 6) is 2.55. The summed E-state index contributed by atoms with van der Waals surface area (Å²) < 4.78 is 0. The van der Waals surface area contributed by atoms with E-state index in [1.165, 1.54) is 19.3 Å². The van der Waals surface area contributed by atoms with Gasteiger partial charge in [-0.05, 0) is 55.8 Å². The molecule has 3 fully saturated rings. The molecule has 0 amide bonds. The second-order valence-corrected chi connectivity index (χ2v) is 6.71. The van der Waals surface area contributed by atoms with Crippen LogP contribution in [0.15, 0.2) is 0 Å². The Morgan fingerprint density at radius 3 is 2.53 bits per heavy atom. The largest absolute Gasteiger partial charge is 0.394 e. The van der Waals surface area contributed by atoms with Crippen LogP contribution in [0.25, 0.3) is 0 Å². The molecule has 15 heavy (non-hydrogen) atoms. The maximum atomic E-state index is 9.23. The molecule has 0 aliphatic heterocycles. The Balaban J connectivity index is 2.00. The first-order valence-electron chi connectivity index (χ1n) is 6.26. The molecular weight excluding hydrogens is 186 g/mol. The van der Waals surface area contributed by atoms with E-state index in [1.807, 2.05) is 6.92 Å². The van der Waals surface area contributed by atoms with Crippen LogP contribution in [0, 0.1) is 23.2 Å². The zero-order valence-electron chi connectivity index (χ0n) is 10.3. The van der Waals surface area contributed by atoms with Crippen molar-refractivity contribution in [3.8, 4) is 0 Å². The molecular formula is C13H25NO. The van der Waals surface area contributed by atoms with Crippen molar-refractivity contribution in [3.63, 3.8) is 0 Å².